The number of anilines is 2. The van der Waals surface area contributed by atoms with E-state index in [1.54, 1.807) is 0 Å². The molecule has 2 aromatic carbocycles. The number of hydrogen-bond donors (Lipinski definition) is 3. The van der Waals surface area contributed by atoms with E-state index < -0.39 is 0 Å². The fourth-order valence-corrected chi connectivity index (χ4v) is 2.52. The molecule has 0 saturated heterocycles. The van der Waals surface area contributed by atoms with E-state index in [1.807, 2.05) is 42.6 Å². The van der Waals surface area contributed by atoms with E-state index >= 15 is 0 Å². The van der Waals surface area contributed by atoms with Gasteiger partial charge in [0.1, 0.15) is 0 Å². The second-order valence-electron chi connectivity index (χ2n) is 4.38. The Morgan fingerprint density at radius 2 is 2.16 bits per heavy atom. The summed E-state index contributed by atoms with van der Waals surface area (Å²) in [6, 6.07) is 11.9. The molecule has 0 aliphatic carbocycles. The number of rotatable bonds is 3. The fourth-order valence-electron chi connectivity index (χ4n) is 2.06. The van der Waals surface area contributed by atoms with Gasteiger partial charge in [-0.15, -0.1) is 0 Å². The summed E-state index contributed by atoms with van der Waals surface area (Å²) in [5, 5.41) is 11.5. The topological polar surface area (TPSA) is 66.7 Å². The molecule has 3 aromatic rings. The predicted molar refractivity (Wildman–Crippen MR) is 82.0 cm³/mol. The van der Waals surface area contributed by atoms with Gasteiger partial charge in [-0.1, -0.05) is 28.1 Å². The van der Waals surface area contributed by atoms with Crippen LogP contribution < -0.4 is 11.1 Å². The van der Waals surface area contributed by atoms with E-state index in [9.17, 15) is 0 Å². The van der Waals surface area contributed by atoms with Crippen LogP contribution in [0.2, 0.25) is 0 Å². The Morgan fingerprint density at radius 3 is 3.00 bits per heavy atom. The molecular weight excluding hydrogens is 304 g/mol. The summed E-state index contributed by atoms with van der Waals surface area (Å²) < 4.78 is 1.01. The molecule has 1 heterocycles. The van der Waals surface area contributed by atoms with Crippen molar-refractivity contribution in [1.82, 2.24) is 10.2 Å². The Bertz CT molecular complexity index is 720. The van der Waals surface area contributed by atoms with Crippen molar-refractivity contribution in [2.24, 2.45) is 0 Å². The summed E-state index contributed by atoms with van der Waals surface area (Å²) in [6.07, 6.45) is 1.82. The summed E-state index contributed by atoms with van der Waals surface area (Å²) in [6.45, 7) is 0.724. The smallest absolute Gasteiger partial charge is 0.0682 e. The van der Waals surface area contributed by atoms with Crippen molar-refractivity contribution in [3.63, 3.8) is 0 Å². The van der Waals surface area contributed by atoms with Gasteiger partial charge in [-0.25, -0.2) is 0 Å². The molecule has 0 spiro atoms. The van der Waals surface area contributed by atoms with Gasteiger partial charge in [0.05, 0.1) is 11.7 Å². The van der Waals surface area contributed by atoms with Gasteiger partial charge < -0.3 is 11.1 Å². The number of fused-ring (bicyclic) bond motifs is 1. The van der Waals surface area contributed by atoms with Gasteiger partial charge in [0, 0.05) is 27.8 Å². The Kier molecular flexibility index (Phi) is 3.13. The number of nitrogens with two attached hydrogens (primary N) is 1. The highest BCUT2D eigenvalue weighted by Crippen LogP contribution is 2.27. The van der Waals surface area contributed by atoms with Gasteiger partial charge >= 0.3 is 0 Å². The van der Waals surface area contributed by atoms with Crippen LogP contribution >= 0.6 is 15.9 Å². The maximum absolute atomic E-state index is 5.78. The first-order chi connectivity index (χ1) is 9.22. The lowest BCUT2D eigenvalue weighted by Gasteiger charge is -2.09. The lowest BCUT2D eigenvalue weighted by Crippen LogP contribution is -2.00. The zero-order chi connectivity index (χ0) is 13.2. The molecule has 0 fully saturated rings. The zero-order valence-corrected chi connectivity index (χ0v) is 11.7. The summed E-state index contributed by atoms with van der Waals surface area (Å²) >= 11 is 3.50. The normalized spacial score (nSPS) is 10.8. The van der Waals surface area contributed by atoms with Gasteiger partial charge in [0.2, 0.25) is 0 Å². The third-order valence-electron chi connectivity index (χ3n) is 2.96. The van der Waals surface area contributed by atoms with E-state index in [2.05, 4.69) is 31.4 Å². The van der Waals surface area contributed by atoms with Crippen LogP contribution in [0.25, 0.3) is 10.9 Å². The van der Waals surface area contributed by atoms with Gasteiger partial charge in [-0.3, -0.25) is 5.10 Å². The number of aromatic nitrogens is 2. The highest BCUT2D eigenvalue weighted by Gasteiger charge is 2.04. The molecule has 5 heteroatoms. The first kappa shape index (κ1) is 12.0. The van der Waals surface area contributed by atoms with Crippen molar-refractivity contribution in [2.45, 2.75) is 6.54 Å². The van der Waals surface area contributed by atoms with Crippen LogP contribution in [0.15, 0.2) is 47.1 Å². The minimum Gasteiger partial charge on any atom is -0.399 e. The number of hydrogen-bond acceptors (Lipinski definition) is 3. The molecule has 0 saturated carbocycles. The van der Waals surface area contributed by atoms with E-state index in [0.717, 1.165) is 38.9 Å². The standard InChI is InChI=1S/C14H13BrN4/c15-10-5-13(12-8-18-19-14(12)6-10)17-7-9-2-1-3-11(16)4-9/h1-6,8,17H,7,16H2,(H,18,19). The van der Waals surface area contributed by atoms with Crippen molar-refractivity contribution in [3.05, 3.63) is 52.6 Å². The molecule has 0 unspecified atom stereocenters. The molecule has 4 nitrogen and oxygen atoms in total. The molecule has 0 aliphatic heterocycles. The van der Waals surface area contributed by atoms with Crippen LogP contribution in [-0.2, 0) is 6.54 Å². The second-order valence-corrected chi connectivity index (χ2v) is 5.30. The van der Waals surface area contributed by atoms with Crippen molar-refractivity contribution in [1.29, 1.82) is 0 Å². The molecule has 3 rings (SSSR count). The SMILES string of the molecule is Nc1cccc(CNc2cc(Br)cc3[nH]ncc23)c1. The quantitative estimate of drug-likeness (QED) is 0.648. The molecule has 1 aromatic heterocycles. The van der Waals surface area contributed by atoms with Crippen LogP contribution in [0, 0.1) is 0 Å². The molecule has 96 valence electrons. The summed E-state index contributed by atoms with van der Waals surface area (Å²) in [4.78, 5) is 0. The highest BCUT2D eigenvalue weighted by molar-refractivity contribution is 9.10. The Morgan fingerprint density at radius 1 is 1.26 bits per heavy atom. The van der Waals surface area contributed by atoms with Gasteiger partial charge in [0.25, 0.3) is 0 Å². The molecule has 0 atom stereocenters. The molecule has 0 bridgehead atoms. The van der Waals surface area contributed by atoms with Gasteiger partial charge in [-0.05, 0) is 29.8 Å². The number of aromatic amines is 1. The predicted octanol–water partition coefficient (Wildman–Crippen LogP) is 3.52. The van der Waals surface area contributed by atoms with Crippen LogP contribution in [0.4, 0.5) is 11.4 Å². The van der Waals surface area contributed by atoms with Crippen molar-refractivity contribution in [2.75, 3.05) is 11.1 Å². The third kappa shape index (κ3) is 2.56. The van der Waals surface area contributed by atoms with E-state index in [4.69, 9.17) is 5.73 Å². The van der Waals surface area contributed by atoms with Crippen molar-refractivity contribution < 1.29 is 0 Å². The average Bonchev–Trinajstić information content (AvgIpc) is 2.84. The van der Waals surface area contributed by atoms with Crippen LogP contribution in [0.5, 0.6) is 0 Å². The van der Waals surface area contributed by atoms with Crippen LogP contribution in [0.1, 0.15) is 5.56 Å². The summed E-state index contributed by atoms with van der Waals surface area (Å²) in [5.74, 6) is 0. The Balaban J connectivity index is 1.87. The molecule has 0 amide bonds. The van der Waals surface area contributed by atoms with E-state index in [0.29, 0.717) is 0 Å². The Labute approximate surface area is 119 Å². The average molecular weight is 317 g/mol. The summed E-state index contributed by atoms with van der Waals surface area (Å²) in [7, 11) is 0. The maximum atomic E-state index is 5.78. The first-order valence-electron chi connectivity index (χ1n) is 5.93. The number of nitrogen functional groups attached to an aromatic ring is 1. The zero-order valence-electron chi connectivity index (χ0n) is 10.2. The molecular formula is C14H13BrN4. The van der Waals surface area contributed by atoms with Gasteiger partial charge in [-0.2, -0.15) is 5.10 Å². The molecule has 0 aliphatic rings. The largest absolute Gasteiger partial charge is 0.399 e. The Hall–Kier alpha value is -2.01. The van der Waals surface area contributed by atoms with Crippen molar-refractivity contribution >= 4 is 38.2 Å². The monoisotopic (exact) mass is 316 g/mol. The van der Waals surface area contributed by atoms with Crippen LogP contribution in [0.3, 0.4) is 0 Å². The first-order valence-corrected chi connectivity index (χ1v) is 6.72. The number of halogens is 1. The van der Waals surface area contributed by atoms with Gasteiger partial charge in [0.15, 0.2) is 0 Å². The van der Waals surface area contributed by atoms with Crippen molar-refractivity contribution in [3.8, 4) is 0 Å². The molecule has 0 radical (unpaired) electrons. The minimum atomic E-state index is 0.724. The maximum Gasteiger partial charge on any atom is 0.0682 e. The highest BCUT2D eigenvalue weighted by atomic mass is 79.9. The lowest BCUT2D eigenvalue weighted by atomic mass is 10.2. The third-order valence-corrected chi connectivity index (χ3v) is 3.42. The number of H-pyrrole nitrogens is 1. The van der Waals surface area contributed by atoms with Crippen LogP contribution in [-0.4, -0.2) is 10.2 Å². The number of benzene rings is 2. The lowest BCUT2D eigenvalue weighted by molar-refractivity contribution is 1.12. The molecule has 19 heavy (non-hydrogen) atoms. The fraction of sp³-hybridized carbons (Fsp3) is 0.0714. The minimum absolute atomic E-state index is 0.724. The van der Waals surface area contributed by atoms with E-state index in [1.165, 1.54) is 0 Å². The van der Waals surface area contributed by atoms with E-state index in [-0.39, 0.29) is 0 Å². The summed E-state index contributed by atoms with van der Waals surface area (Å²) in [5.41, 5.74) is 9.75. The number of nitrogens with one attached hydrogen (secondary N) is 2. The molecule has 4 N–H and O–H groups in total. The number of nitrogens with zero attached hydrogens (tertiary/aromatic N) is 1. The second kappa shape index (κ2) is 4.93.